The fourth-order valence-electron chi connectivity index (χ4n) is 2.34. The van der Waals surface area contributed by atoms with E-state index in [4.69, 9.17) is 22.0 Å². The van der Waals surface area contributed by atoms with Crippen molar-refractivity contribution >= 4 is 23.3 Å². The van der Waals surface area contributed by atoms with E-state index in [1.54, 1.807) is 18.2 Å². The number of carbonyl (C=O) groups is 1. The molecular weight excluding hydrogens is 252 g/mol. The fraction of sp³-hybridized carbons (Fsp3) is 0.385. The number of anilines is 1. The van der Waals surface area contributed by atoms with Gasteiger partial charge in [-0.15, -0.1) is 0 Å². The number of carboxylic acid groups (broad SMARTS) is 1. The van der Waals surface area contributed by atoms with Crippen LogP contribution < -0.4 is 5.32 Å². The second-order valence-electron chi connectivity index (χ2n) is 4.43. The number of aliphatic carboxylic acids is 1. The van der Waals surface area contributed by atoms with E-state index in [0.29, 0.717) is 17.0 Å². The molecule has 18 heavy (non-hydrogen) atoms. The molecule has 1 aromatic carbocycles. The van der Waals surface area contributed by atoms with Crippen molar-refractivity contribution < 1.29 is 9.90 Å². The summed E-state index contributed by atoms with van der Waals surface area (Å²) < 4.78 is 0. The van der Waals surface area contributed by atoms with Crippen LogP contribution in [0.1, 0.15) is 24.8 Å². The Labute approximate surface area is 110 Å². The molecule has 0 saturated heterocycles. The maximum absolute atomic E-state index is 11.1. The molecule has 2 rings (SSSR count). The van der Waals surface area contributed by atoms with Crippen molar-refractivity contribution in [2.24, 2.45) is 5.92 Å². The van der Waals surface area contributed by atoms with E-state index >= 15 is 0 Å². The molecule has 2 N–H and O–H groups in total. The predicted molar refractivity (Wildman–Crippen MR) is 68.6 cm³/mol. The maximum atomic E-state index is 11.1. The van der Waals surface area contributed by atoms with Gasteiger partial charge in [0, 0.05) is 11.7 Å². The van der Waals surface area contributed by atoms with Gasteiger partial charge in [0.1, 0.15) is 6.07 Å². The molecule has 0 bridgehead atoms. The van der Waals surface area contributed by atoms with Crippen LogP contribution in [0.25, 0.3) is 0 Å². The van der Waals surface area contributed by atoms with Crippen LogP contribution in [0.5, 0.6) is 0 Å². The molecule has 1 saturated carbocycles. The Morgan fingerprint density at radius 3 is 2.89 bits per heavy atom. The van der Waals surface area contributed by atoms with Gasteiger partial charge >= 0.3 is 5.97 Å². The lowest BCUT2D eigenvalue weighted by atomic mass is 10.0. The summed E-state index contributed by atoms with van der Waals surface area (Å²) in [6.45, 7) is 0. The van der Waals surface area contributed by atoms with Gasteiger partial charge in [-0.1, -0.05) is 18.0 Å². The largest absolute Gasteiger partial charge is 0.481 e. The molecule has 1 aromatic rings. The van der Waals surface area contributed by atoms with Gasteiger partial charge in [-0.25, -0.2) is 0 Å². The van der Waals surface area contributed by atoms with E-state index in [9.17, 15) is 4.79 Å². The van der Waals surface area contributed by atoms with E-state index < -0.39 is 5.97 Å². The van der Waals surface area contributed by atoms with Gasteiger partial charge in [0.05, 0.1) is 16.5 Å². The first-order valence-electron chi connectivity index (χ1n) is 5.81. The average molecular weight is 265 g/mol. The van der Waals surface area contributed by atoms with E-state index in [2.05, 4.69) is 5.32 Å². The second kappa shape index (κ2) is 5.28. The molecule has 0 spiro atoms. The number of benzene rings is 1. The quantitative estimate of drug-likeness (QED) is 0.880. The average Bonchev–Trinajstić information content (AvgIpc) is 2.77. The smallest absolute Gasteiger partial charge is 0.308 e. The van der Waals surface area contributed by atoms with Gasteiger partial charge in [0.2, 0.25) is 0 Å². The number of hydrogen-bond donors (Lipinski definition) is 2. The van der Waals surface area contributed by atoms with E-state index in [1.165, 1.54) is 0 Å². The van der Waals surface area contributed by atoms with Crippen LogP contribution in [0.4, 0.5) is 5.69 Å². The Bertz CT molecular complexity index is 510. The van der Waals surface area contributed by atoms with Crippen LogP contribution in [0.15, 0.2) is 18.2 Å². The topological polar surface area (TPSA) is 73.1 Å². The van der Waals surface area contributed by atoms with Gasteiger partial charge in [0.25, 0.3) is 0 Å². The summed E-state index contributed by atoms with van der Waals surface area (Å²) in [7, 11) is 0. The molecule has 94 valence electrons. The third-order valence-electron chi connectivity index (χ3n) is 3.27. The van der Waals surface area contributed by atoms with Crippen molar-refractivity contribution in [3.8, 4) is 6.07 Å². The standard InChI is InChI=1S/C13H13ClN2O2/c14-11-6-9(5-4-8(11)7-15)16-12-3-1-2-10(12)13(17)18/h4-6,10,12,16H,1-3H2,(H,17,18)/t10-,12+/m1/s1. The Kier molecular flexibility index (Phi) is 3.73. The first-order chi connectivity index (χ1) is 8.61. The van der Waals surface area contributed by atoms with Gasteiger partial charge in [0.15, 0.2) is 0 Å². The van der Waals surface area contributed by atoms with Gasteiger partial charge in [-0.05, 0) is 31.0 Å². The molecule has 0 unspecified atom stereocenters. The summed E-state index contributed by atoms with van der Waals surface area (Å²) >= 11 is 5.94. The van der Waals surface area contributed by atoms with Crippen LogP contribution in [0, 0.1) is 17.2 Å². The third kappa shape index (κ3) is 2.57. The third-order valence-corrected chi connectivity index (χ3v) is 3.59. The molecule has 0 radical (unpaired) electrons. The fourth-order valence-corrected chi connectivity index (χ4v) is 2.56. The lowest BCUT2D eigenvalue weighted by Crippen LogP contribution is -2.29. The van der Waals surface area contributed by atoms with E-state index in [-0.39, 0.29) is 12.0 Å². The normalized spacial score (nSPS) is 22.4. The minimum atomic E-state index is -0.759. The first-order valence-corrected chi connectivity index (χ1v) is 6.18. The van der Waals surface area contributed by atoms with Crippen molar-refractivity contribution in [3.63, 3.8) is 0 Å². The summed E-state index contributed by atoms with van der Waals surface area (Å²) in [5.41, 5.74) is 1.18. The summed E-state index contributed by atoms with van der Waals surface area (Å²) in [6, 6.07) is 6.98. The molecule has 5 heteroatoms. The number of halogens is 1. The highest BCUT2D eigenvalue weighted by atomic mass is 35.5. The van der Waals surface area contributed by atoms with Crippen LogP contribution in [0.3, 0.4) is 0 Å². The van der Waals surface area contributed by atoms with Gasteiger partial charge in [-0.2, -0.15) is 5.26 Å². The molecule has 1 aliphatic rings. The van der Waals surface area contributed by atoms with Gasteiger partial charge in [-0.3, -0.25) is 4.79 Å². The summed E-state index contributed by atoms with van der Waals surface area (Å²) in [5.74, 6) is -1.11. The number of nitrogens with one attached hydrogen (secondary N) is 1. The molecule has 1 aliphatic carbocycles. The number of rotatable bonds is 3. The van der Waals surface area contributed by atoms with E-state index in [1.807, 2.05) is 6.07 Å². The molecule has 0 aliphatic heterocycles. The molecule has 0 heterocycles. The van der Waals surface area contributed by atoms with Crippen LogP contribution in [-0.2, 0) is 4.79 Å². The minimum absolute atomic E-state index is 0.0634. The van der Waals surface area contributed by atoms with Gasteiger partial charge < -0.3 is 10.4 Å². The van der Waals surface area contributed by atoms with E-state index in [0.717, 1.165) is 18.5 Å². The second-order valence-corrected chi connectivity index (χ2v) is 4.84. The summed E-state index contributed by atoms with van der Waals surface area (Å²) in [4.78, 5) is 11.1. The van der Waals surface area contributed by atoms with Crippen molar-refractivity contribution in [2.75, 3.05) is 5.32 Å². The minimum Gasteiger partial charge on any atom is -0.481 e. The maximum Gasteiger partial charge on any atom is 0.308 e. The molecular formula is C13H13ClN2O2. The van der Waals surface area contributed by atoms with Crippen LogP contribution in [-0.4, -0.2) is 17.1 Å². The zero-order chi connectivity index (χ0) is 13.1. The van der Waals surface area contributed by atoms with Crippen molar-refractivity contribution in [2.45, 2.75) is 25.3 Å². The Balaban J connectivity index is 2.12. The monoisotopic (exact) mass is 264 g/mol. The first kappa shape index (κ1) is 12.7. The SMILES string of the molecule is N#Cc1ccc(N[C@H]2CCC[C@H]2C(=O)O)cc1Cl. The number of hydrogen-bond acceptors (Lipinski definition) is 3. The lowest BCUT2D eigenvalue weighted by molar-refractivity contribution is -0.141. The highest BCUT2D eigenvalue weighted by Gasteiger charge is 2.32. The molecule has 0 amide bonds. The predicted octanol–water partition coefficient (Wildman–Crippen LogP) is 2.88. The molecule has 1 fully saturated rings. The number of nitrogens with zero attached hydrogens (tertiary/aromatic N) is 1. The lowest BCUT2D eigenvalue weighted by Gasteiger charge is -2.19. The van der Waals surface area contributed by atoms with Crippen molar-refractivity contribution in [1.82, 2.24) is 0 Å². The Hall–Kier alpha value is -1.73. The summed E-state index contributed by atoms with van der Waals surface area (Å²) in [5, 5.41) is 21.4. The Morgan fingerprint density at radius 1 is 1.50 bits per heavy atom. The zero-order valence-electron chi connectivity index (χ0n) is 9.69. The summed E-state index contributed by atoms with van der Waals surface area (Å²) in [6.07, 6.45) is 2.46. The number of carboxylic acids is 1. The molecule has 2 atom stereocenters. The zero-order valence-corrected chi connectivity index (χ0v) is 10.4. The van der Waals surface area contributed by atoms with Crippen molar-refractivity contribution in [1.29, 1.82) is 5.26 Å². The highest BCUT2D eigenvalue weighted by Crippen LogP contribution is 2.30. The Morgan fingerprint density at radius 2 is 2.28 bits per heavy atom. The molecule has 0 aromatic heterocycles. The molecule has 4 nitrogen and oxygen atoms in total. The van der Waals surface area contributed by atoms with Crippen LogP contribution >= 0.6 is 11.6 Å². The van der Waals surface area contributed by atoms with Crippen molar-refractivity contribution in [3.05, 3.63) is 28.8 Å². The highest BCUT2D eigenvalue weighted by molar-refractivity contribution is 6.32. The number of nitriles is 1. The van der Waals surface area contributed by atoms with Crippen LogP contribution in [0.2, 0.25) is 5.02 Å².